The molecule has 1 unspecified atom stereocenters. The molecule has 4 nitrogen and oxygen atoms in total. The highest BCUT2D eigenvalue weighted by atomic mass is 16.6. The van der Waals surface area contributed by atoms with E-state index in [4.69, 9.17) is 27.2 Å². The maximum atomic E-state index is 8.88. The van der Waals surface area contributed by atoms with E-state index < -0.39 is 6.00 Å². The van der Waals surface area contributed by atoms with Crippen molar-refractivity contribution >= 4 is 7.85 Å². The molecule has 2 radical (unpaired) electrons. The first kappa shape index (κ1) is 9.99. The fourth-order valence-corrected chi connectivity index (χ4v) is 1.46. The van der Waals surface area contributed by atoms with E-state index in [1.165, 1.54) is 0 Å². The molecular weight excluding hydrogens is 159 g/mol. The quantitative estimate of drug-likeness (QED) is 0.549. The predicted octanol–water partition coefficient (Wildman–Crippen LogP) is -1.10. The van der Waals surface area contributed by atoms with Gasteiger partial charge in [-0.2, -0.15) is 0 Å². The van der Waals surface area contributed by atoms with Crippen molar-refractivity contribution in [2.24, 2.45) is 0 Å². The van der Waals surface area contributed by atoms with Crippen molar-refractivity contribution in [3.8, 4) is 0 Å². The summed E-state index contributed by atoms with van der Waals surface area (Å²) in [6.45, 7) is -0.105. The lowest BCUT2D eigenvalue weighted by atomic mass is 9.93. The lowest BCUT2D eigenvalue weighted by Gasteiger charge is -2.19. The van der Waals surface area contributed by atoms with Gasteiger partial charge in [-0.1, -0.05) is 0 Å². The number of hydrogen-bond acceptors (Lipinski definition) is 4. The summed E-state index contributed by atoms with van der Waals surface area (Å²) in [4.78, 5) is 0. The molecule has 4 atom stereocenters. The molecule has 0 bridgehead atoms. The van der Waals surface area contributed by atoms with E-state index in [0.717, 1.165) is 0 Å². The molecule has 1 fully saturated rings. The average molecular weight is 172 g/mol. The normalized spacial score (nSPS) is 41.9. The lowest BCUT2D eigenvalue weighted by molar-refractivity contribution is -0.0395. The molecule has 0 aliphatic carbocycles. The fourth-order valence-electron chi connectivity index (χ4n) is 1.46. The monoisotopic (exact) mass is 172 g/mol. The first-order valence-corrected chi connectivity index (χ1v) is 3.82. The van der Waals surface area contributed by atoms with Gasteiger partial charge < -0.3 is 19.3 Å². The van der Waals surface area contributed by atoms with Crippen LogP contribution in [0.25, 0.3) is 0 Å². The Labute approximate surface area is 73.2 Å². The number of hydrogen-bond donors (Lipinski definition) is 1. The number of methoxy groups -OCH3 is 2. The largest absolute Gasteiger partial charge is 0.394 e. The zero-order valence-electron chi connectivity index (χ0n) is 7.27. The highest BCUT2D eigenvalue weighted by Gasteiger charge is 2.41. The summed E-state index contributed by atoms with van der Waals surface area (Å²) in [6.07, 6.45) is -0.961. The third-order valence-corrected chi connectivity index (χ3v) is 2.07. The molecule has 1 saturated heterocycles. The van der Waals surface area contributed by atoms with Gasteiger partial charge in [-0.3, -0.25) is 0 Å². The van der Waals surface area contributed by atoms with E-state index in [2.05, 4.69) is 0 Å². The summed E-state index contributed by atoms with van der Waals surface area (Å²) in [6, 6.07) is -0.517. The summed E-state index contributed by atoms with van der Waals surface area (Å²) >= 11 is 0. The van der Waals surface area contributed by atoms with Crippen LogP contribution in [-0.4, -0.2) is 58.1 Å². The molecule has 1 N–H and O–H groups in total. The summed E-state index contributed by atoms with van der Waals surface area (Å²) in [7, 11) is 8.67. The van der Waals surface area contributed by atoms with Crippen molar-refractivity contribution in [3.63, 3.8) is 0 Å². The van der Waals surface area contributed by atoms with E-state index in [1.54, 1.807) is 14.2 Å². The highest BCUT2D eigenvalue weighted by Crippen LogP contribution is 2.23. The summed E-state index contributed by atoms with van der Waals surface area (Å²) in [5.41, 5.74) is 0. The first-order valence-electron chi connectivity index (χ1n) is 3.82. The first-order chi connectivity index (χ1) is 5.74. The Kier molecular flexibility index (Phi) is 3.52. The van der Waals surface area contributed by atoms with E-state index >= 15 is 0 Å². The Morgan fingerprint density at radius 2 is 1.92 bits per heavy atom. The standard InChI is InChI=1S/C7H13BO4/c1-10-5-4(3-9)12-7(8)6(5)11-2/h4-7,9H,3H2,1-2H3/t4-,5+,6?,7-/m1/s1. The summed E-state index contributed by atoms with van der Waals surface area (Å²) in [5, 5.41) is 8.88. The molecule has 68 valence electrons. The SMILES string of the molecule is [B][C@@H]1O[C@H](CO)[C@H](OC)C1OC. The molecule has 1 aliphatic heterocycles. The zero-order chi connectivity index (χ0) is 9.14. The van der Waals surface area contributed by atoms with Crippen molar-refractivity contribution in [2.75, 3.05) is 20.8 Å². The van der Waals surface area contributed by atoms with Crippen LogP contribution in [0.1, 0.15) is 0 Å². The number of aliphatic hydroxyl groups is 1. The number of aliphatic hydroxyl groups excluding tert-OH is 1. The maximum Gasteiger partial charge on any atom is 0.113 e. The molecule has 0 saturated carbocycles. The van der Waals surface area contributed by atoms with Crippen molar-refractivity contribution in [2.45, 2.75) is 24.3 Å². The predicted molar refractivity (Wildman–Crippen MR) is 43.1 cm³/mol. The Balaban J connectivity index is 2.61. The average Bonchev–Trinajstić information content (AvgIpc) is 2.40. The molecule has 0 aromatic carbocycles. The van der Waals surface area contributed by atoms with Crippen molar-refractivity contribution < 1.29 is 19.3 Å². The molecule has 1 aliphatic rings. The molecule has 12 heavy (non-hydrogen) atoms. The van der Waals surface area contributed by atoms with E-state index in [0.29, 0.717) is 0 Å². The molecule has 0 aromatic heterocycles. The smallest absolute Gasteiger partial charge is 0.113 e. The van der Waals surface area contributed by atoms with Gasteiger partial charge in [0.25, 0.3) is 0 Å². The molecule has 1 rings (SSSR count). The van der Waals surface area contributed by atoms with Crippen LogP contribution in [-0.2, 0) is 14.2 Å². The van der Waals surface area contributed by atoms with Crippen LogP contribution in [0, 0.1) is 0 Å². The topological polar surface area (TPSA) is 47.9 Å². The van der Waals surface area contributed by atoms with E-state index in [9.17, 15) is 0 Å². The van der Waals surface area contributed by atoms with Crippen LogP contribution in [0.15, 0.2) is 0 Å². The van der Waals surface area contributed by atoms with Gasteiger partial charge in [-0.05, 0) is 0 Å². The second-order valence-corrected chi connectivity index (χ2v) is 2.72. The van der Waals surface area contributed by atoms with E-state index in [1.807, 2.05) is 0 Å². The van der Waals surface area contributed by atoms with Crippen molar-refractivity contribution in [1.82, 2.24) is 0 Å². The lowest BCUT2D eigenvalue weighted by Crippen LogP contribution is -2.37. The van der Waals surface area contributed by atoms with Crippen LogP contribution in [0.2, 0.25) is 0 Å². The second-order valence-electron chi connectivity index (χ2n) is 2.72. The Morgan fingerprint density at radius 3 is 2.33 bits per heavy atom. The van der Waals surface area contributed by atoms with Gasteiger partial charge >= 0.3 is 0 Å². The number of ether oxygens (including phenoxy) is 3. The third-order valence-electron chi connectivity index (χ3n) is 2.07. The molecule has 0 aromatic rings. The molecular formula is C7H13BO4. The fraction of sp³-hybridized carbons (Fsp3) is 1.00. The van der Waals surface area contributed by atoms with Gasteiger partial charge in [-0.25, -0.2) is 0 Å². The zero-order valence-corrected chi connectivity index (χ0v) is 7.27. The molecule has 0 amide bonds. The Bertz CT molecular complexity index is 143. The van der Waals surface area contributed by atoms with Gasteiger partial charge in [0.05, 0.1) is 6.61 Å². The molecule has 5 heteroatoms. The second kappa shape index (κ2) is 4.23. The van der Waals surface area contributed by atoms with Crippen molar-refractivity contribution in [3.05, 3.63) is 0 Å². The van der Waals surface area contributed by atoms with Crippen LogP contribution in [0.4, 0.5) is 0 Å². The van der Waals surface area contributed by atoms with Gasteiger partial charge in [0, 0.05) is 20.2 Å². The van der Waals surface area contributed by atoms with Gasteiger partial charge in [-0.15, -0.1) is 0 Å². The minimum Gasteiger partial charge on any atom is -0.394 e. The van der Waals surface area contributed by atoms with Crippen LogP contribution < -0.4 is 0 Å². The Hall–Kier alpha value is -0.0951. The van der Waals surface area contributed by atoms with Gasteiger partial charge in [0.2, 0.25) is 0 Å². The summed E-state index contributed by atoms with van der Waals surface area (Å²) in [5.74, 6) is 0. The minimum atomic E-state index is -0.517. The highest BCUT2D eigenvalue weighted by molar-refractivity contribution is 6.11. The van der Waals surface area contributed by atoms with E-state index in [-0.39, 0.29) is 24.9 Å². The maximum absolute atomic E-state index is 8.88. The van der Waals surface area contributed by atoms with Crippen LogP contribution >= 0.6 is 0 Å². The van der Waals surface area contributed by atoms with Crippen molar-refractivity contribution in [1.29, 1.82) is 0 Å². The molecule has 0 spiro atoms. The minimum absolute atomic E-state index is 0.105. The third kappa shape index (κ3) is 1.64. The molecule has 1 heterocycles. The number of rotatable bonds is 3. The Morgan fingerprint density at radius 1 is 1.33 bits per heavy atom. The van der Waals surface area contributed by atoms with Crippen LogP contribution in [0.5, 0.6) is 0 Å². The van der Waals surface area contributed by atoms with Crippen LogP contribution in [0.3, 0.4) is 0 Å². The van der Waals surface area contributed by atoms with Gasteiger partial charge in [0.15, 0.2) is 0 Å². The van der Waals surface area contributed by atoms with Gasteiger partial charge in [0.1, 0.15) is 26.2 Å². The summed E-state index contributed by atoms with van der Waals surface area (Å²) < 4.78 is 15.4.